The highest BCUT2D eigenvalue weighted by Gasteiger charge is 2.28. The number of hydrogen-bond acceptors (Lipinski definition) is 5. The Hall–Kier alpha value is -2.05. The van der Waals surface area contributed by atoms with Crippen molar-refractivity contribution in [3.8, 4) is 0 Å². The molecule has 0 heterocycles. The highest BCUT2D eigenvalue weighted by Crippen LogP contribution is 2.38. The summed E-state index contributed by atoms with van der Waals surface area (Å²) >= 11 is 7.19. The Balaban J connectivity index is 2.39. The van der Waals surface area contributed by atoms with Gasteiger partial charge in [0.2, 0.25) is 0 Å². The quantitative estimate of drug-likeness (QED) is 0.351. The Kier molecular flexibility index (Phi) is 5.41. The van der Waals surface area contributed by atoms with Gasteiger partial charge in [0.05, 0.1) is 22.0 Å². The van der Waals surface area contributed by atoms with Crippen LogP contribution in [0.25, 0.3) is 0 Å². The Labute approximate surface area is 136 Å². The summed E-state index contributed by atoms with van der Waals surface area (Å²) in [4.78, 5) is 22.9. The lowest BCUT2D eigenvalue weighted by molar-refractivity contribution is -0.388. The molecule has 2 rings (SSSR count). The van der Waals surface area contributed by atoms with Gasteiger partial charge in [-0.05, 0) is 17.7 Å². The van der Waals surface area contributed by atoms with Gasteiger partial charge >= 0.3 is 5.97 Å². The zero-order valence-corrected chi connectivity index (χ0v) is 13.2. The van der Waals surface area contributed by atoms with Crippen molar-refractivity contribution in [1.29, 1.82) is 0 Å². The van der Waals surface area contributed by atoms with Gasteiger partial charge in [0.15, 0.2) is 5.56 Å². The highest BCUT2D eigenvalue weighted by atomic mass is 35.5. The van der Waals surface area contributed by atoms with Gasteiger partial charge in [0.1, 0.15) is 0 Å². The van der Waals surface area contributed by atoms with Gasteiger partial charge < -0.3 is 4.74 Å². The molecule has 5 nitrogen and oxygen atoms in total. The molecule has 0 bridgehead atoms. The number of carbonyl (C=O) groups excluding carboxylic acids is 1. The molecule has 0 unspecified atom stereocenters. The van der Waals surface area contributed by atoms with Crippen molar-refractivity contribution in [3.63, 3.8) is 0 Å². The van der Waals surface area contributed by atoms with Crippen LogP contribution in [0.1, 0.15) is 15.9 Å². The lowest BCUT2D eigenvalue weighted by atomic mass is 10.2. The molecule has 0 aliphatic carbocycles. The summed E-state index contributed by atoms with van der Waals surface area (Å²) in [5.74, 6) is -0.275. The molecule has 2 aromatic carbocycles. The van der Waals surface area contributed by atoms with E-state index in [2.05, 4.69) is 4.74 Å². The van der Waals surface area contributed by atoms with Crippen LogP contribution >= 0.6 is 23.4 Å². The van der Waals surface area contributed by atoms with Crippen LogP contribution in [0.2, 0.25) is 5.02 Å². The van der Waals surface area contributed by atoms with E-state index in [1.54, 1.807) is 6.07 Å². The van der Waals surface area contributed by atoms with Crippen LogP contribution in [-0.4, -0.2) is 18.0 Å². The maximum Gasteiger partial charge on any atom is 0.346 e. The number of benzene rings is 2. The minimum absolute atomic E-state index is 0.00242. The number of carbonyl (C=O) groups is 1. The lowest BCUT2D eigenvalue weighted by Crippen LogP contribution is -2.07. The first-order valence-corrected chi connectivity index (χ1v) is 7.63. The third kappa shape index (κ3) is 3.58. The number of methoxy groups -OCH3 is 1. The van der Waals surface area contributed by atoms with Gasteiger partial charge in [0.25, 0.3) is 5.69 Å². The summed E-state index contributed by atoms with van der Waals surface area (Å²) in [6.45, 7) is 0. The monoisotopic (exact) mass is 337 g/mol. The van der Waals surface area contributed by atoms with Crippen LogP contribution in [0.5, 0.6) is 0 Å². The maximum absolute atomic E-state index is 11.8. The second-order valence-electron chi connectivity index (χ2n) is 4.29. The first-order valence-electron chi connectivity index (χ1n) is 6.26. The number of nitro benzene ring substituents is 1. The second kappa shape index (κ2) is 7.29. The number of hydrogen-bond donors (Lipinski definition) is 0. The number of nitro groups is 1. The molecule has 0 saturated carbocycles. The number of ether oxygens (including phenoxy) is 1. The summed E-state index contributed by atoms with van der Waals surface area (Å²) in [6, 6.07) is 12.5. The normalized spacial score (nSPS) is 10.3. The van der Waals surface area contributed by atoms with Crippen molar-refractivity contribution >= 4 is 35.0 Å². The molecule has 0 fully saturated rings. The zero-order chi connectivity index (χ0) is 16.1. The maximum atomic E-state index is 11.8. The SMILES string of the molecule is COC(=O)c1c(Cl)ccc(SCc2ccccc2)c1[N+](=O)[O-]. The summed E-state index contributed by atoms with van der Waals surface area (Å²) in [5, 5.41) is 11.4. The Morgan fingerprint density at radius 3 is 2.55 bits per heavy atom. The molecule has 22 heavy (non-hydrogen) atoms. The minimum atomic E-state index is -0.820. The highest BCUT2D eigenvalue weighted by molar-refractivity contribution is 7.98. The molecule has 0 saturated heterocycles. The number of nitrogens with zero attached hydrogens (tertiary/aromatic N) is 1. The summed E-state index contributed by atoms with van der Waals surface area (Å²) in [6.07, 6.45) is 0. The van der Waals surface area contributed by atoms with Crippen molar-refractivity contribution in [3.05, 3.63) is 68.7 Å². The van der Waals surface area contributed by atoms with Crippen LogP contribution in [0.3, 0.4) is 0 Å². The molecule has 7 heteroatoms. The molecule has 0 spiro atoms. The van der Waals surface area contributed by atoms with Crippen molar-refractivity contribution in [1.82, 2.24) is 0 Å². The van der Waals surface area contributed by atoms with E-state index in [4.69, 9.17) is 11.6 Å². The van der Waals surface area contributed by atoms with Crippen LogP contribution in [0.4, 0.5) is 5.69 Å². The van der Waals surface area contributed by atoms with E-state index < -0.39 is 10.9 Å². The first-order chi connectivity index (χ1) is 10.5. The molecule has 114 valence electrons. The predicted octanol–water partition coefficient (Wildman–Crippen LogP) is 4.33. The van der Waals surface area contributed by atoms with E-state index in [9.17, 15) is 14.9 Å². The topological polar surface area (TPSA) is 69.4 Å². The minimum Gasteiger partial charge on any atom is -0.465 e. The average molecular weight is 338 g/mol. The molecule has 0 radical (unpaired) electrons. The average Bonchev–Trinajstić information content (AvgIpc) is 2.53. The molecular weight excluding hydrogens is 326 g/mol. The molecule has 0 aliphatic rings. The van der Waals surface area contributed by atoms with Crippen molar-refractivity contribution in [2.45, 2.75) is 10.6 Å². The van der Waals surface area contributed by atoms with E-state index in [1.165, 1.54) is 17.8 Å². The predicted molar refractivity (Wildman–Crippen MR) is 85.4 cm³/mol. The van der Waals surface area contributed by atoms with E-state index in [-0.39, 0.29) is 16.3 Å². The van der Waals surface area contributed by atoms with Crippen LogP contribution in [-0.2, 0) is 10.5 Å². The molecule has 0 amide bonds. The standard InChI is InChI=1S/C15H12ClNO4S/c1-21-15(18)13-11(16)7-8-12(14(13)17(19)20)22-9-10-5-3-2-4-6-10/h2-8H,9H2,1H3. The first kappa shape index (κ1) is 16.3. The fourth-order valence-electron chi connectivity index (χ4n) is 1.88. The third-order valence-electron chi connectivity index (χ3n) is 2.90. The van der Waals surface area contributed by atoms with Crippen molar-refractivity contribution in [2.24, 2.45) is 0 Å². The Bertz CT molecular complexity index is 706. The number of rotatable bonds is 5. The van der Waals surface area contributed by atoms with Gasteiger partial charge in [-0.15, -0.1) is 11.8 Å². The Morgan fingerprint density at radius 1 is 1.27 bits per heavy atom. The smallest absolute Gasteiger partial charge is 0.346 e. The zero-order valence-electron chi connectivity index (χ0n) is 11.6. The van der Waals surface area contributed by atoms with E-state index in [0.29, 0.717) is 10.6 Å². The molecule has 0 N–H and O–H groups in total. The second-order valence-corrected chi connectivity index (χ2v) is 5.72. The van der Waals surface area contributed by atoms with Gasteiger partial charge in [-0.2, -0.15) is 0 Å². The van der Waals surface area contributed by atoms with Crippen molar-refractivity contribution < 1.29 is 14.5 Å². The van der Waals surface area contributed by atoms with Crippen LogP contribution in [0, 0.1) is 10.1 Å². The summed E-state index contributed by atoms with van der Waals surface area (Å²) in [7, 11) is 1.16. The van der Waals surface area contributed by atoms with Crippen LogP contribution < -0.4 is 0 Å². The summed E-state index contributed by atoms with van der Waals surface area (Å²) < 4.78 is 4.59. The number of halogens is 1. The van der Waals surface area contributed by atoms with E-state index in [1.807, 2.05) is 30.3 Å². The molecular formula is C15H12ClNO4S. The van der Waals surface area contributed by atoms with Gasteiger partial charge in [-0.3, -0.25) is 10.1 Å². The van der Waals surface area contributed by atoms with E-state index >= 15 is 0 Å². The lowest BCUT2D eigenvalue weighted by Gasteiger charge is -2.08. The Morgan fingerprint density at radius 2 is 1.95 bits per heavy atom. The summed E-state index contributed by atoms with van der Waals surface area (Å²) in [5.41, 5.74) is 0.490. The number of thioether (sulfide) groups is 1. The fraction of sp³-hybridized carbons (Fsp3) is 0.133. The fourth-order valence-corrected chi connectivity index (χ4v) is 3.10. The van der Waals surface area contributed by atoms with Gasteiger partial charge in [0, 0.05) is 5.75 Å². The number of esters is 1. The molecule has 0 aliphatic heterocycles. The molecule has 0 atom stereocenters. The van der Waals surface area contributed by atoms with Gasteiger partial charge in [-0.25, -0.2) is 4.79 Å². The molecule has 2 aromatic rings. The largest absolute Gasteiger partial charge is 0.465 e. The van der Waals surface area contributed by atoms with Gasteiger partial charge in [-0.1, -0.05) is 41.9 Å². The van der Waals surface area contributed by atoms with Crippen molar-refractivity contribution in [2.75, 3.05) is 7.11 Å². The molecule has 0 aromatic heterocycles. The van der Waals surface area contributed by atoms with E-state index in [0.717, 1.165) is 12.7 Å². The van der Waals surface area contributed by atoms with Crippen LogP contribution in [0.15, 0.2) is 47.4 Å². The third-order valence-corrected chi connectivity index (χ3v) is 4.33.